The van der Waals surface area contributed by atoms with Crippen LogP contribution in [-0.4, -0.2) is 35.4 Å². The van der Waals surface area contributed by atoms with Crippen LogP contribution in [0.25, 0.3) is 0 Å². The Morgan fingerprint density at radius 3 is 1.77 bits per heavy atom. The smallest absolute Gasteiger partial charge is 0.343 e. The molecule has 3 heterocycles. The van der Waals surface area contributed by atoms with Crippen molar-refractivity contribution < 1.29 is 29.3 Å². The summed E-state index contributed by atoms with van der Waals surface area (Å²) >= 11 is 4.03. The summed E-state index contributed by atoms with van der Waals surface area (Å²) in [6.45, 7) is 7.29. The molecule has 2 N–H and O–H groups in total. The van der Waals surface area contributed by atoms with Crippen molar-refractivity contribution in [2.24, 2.45) is 0 Å². The van der Waals surface area contributed by atoms with Gasteiger partial charge in [-0.3, -0.25) is 0 Å². The summed E-state index contributed by atoms with van der Waals surface area (Å²) in [5.41, 5.74) is 1.12. The fourth-order valence-corrected chi connectivity index (χ4v) is 6.37. The molecule has 160 valence electrons. The minimum Gasteiger partial charge on any atom is -0.506 e. The largest absolute Gasteiger partial charge is 0.506 e. The zero-order chi connectivity index (χ0) is 22.0. The molecule has 0 bridgehead atoms. The van der Waals surface area contributed by atoms with Crippen LogP contribution in [0.3, 0.4) is 0 Å². The maximum absolute atomic E-state index is 12.4. The van der Waals surface area contributed by atoms with Crippen LogP contribution in [0, 0.1) is 13.8 Å². The van der Waals surface area contributed by atoms with Crippen LogP contribution < -0.4 is 0 Å². The summed E-state index contributed by atoms with van der Waals surface area (Å²) in [5.74, 6) is -2.02. The highest BCUT2D eigenvalue weighted by Gasteiger charge is 2.34. The highest BCUT2D eigenvalue weighted by Crippen LogP contribution is 2.51. The predicted octanol–water partition coefficient (Wildman–Crippen LogP) is 5.43. The van der Waals surface area contributed by atoms with Crippen molar-refractivity contribution in [2.45, 2.75) is 33.6 Å². The molecule has 6 nitrogen and oxygen atoms in total. The molecule has 0 amide bonds. The van der Waals surface area contributed by atoms with E-state index in [-0.39, 0.29) is 35.8 Å². The van der Waals surface area contributed by atoms with Gasteiger partial charge in [0.15, 0.2) is 0 Å². The lowest BCUT2D eigenvalue weighted by molar-refractivity contribution is 0.0513. The molecule has 0 radical (unpaired) electrons. The summed E-state index contributed by atoms with van der Waals surface area (Å²) < 4.78 is 10.2. The van der Waals surface area contributed by atoms with E-state index in [9.17, 15) is 19.8 Å². The number of aryl methyl sites for hydroxylation is 2. The van der Waals surface area contributed by atoms with Crippen molar-refractivity contribution in [3.05, 3.63) is 53.0 Å². The van der Waals surface area contributed by atoms with Crippen LogP contribution in [0.1, 0.15) is 65.6 Å². The van der Waals surface area contributed by atoms with Gasteiger partial charge < -0.3 is 19.7 Å². The predicted molar refractivity (Wildman–Crippen MR) is 119 cm³/mol. The van der Waals surface area contributed by atoms with Gasteiger partial charge in [0.25, 0.3) is 0 Å². The number of ether oxygens (including phenoxy) is 2. The van der Waals surface area contributed by atoms with E-state index in [1.165, 1.54) is 34.0 Å². The molecule has 0 aromatic carbocycles. The van der Waals surface area contributed by atoms with E-state index < -0.39 is 17.9 Å². The third-order valence-electron chi connectivity index (χ3n) is 4.53. The van der Waals surface area contributed by atoms with Crippen molar-refractivity contribution in [1.82, 2.24) is 0 Å². The molecule has 0 aliphatic carbocycles. The molecule has 0 aliphatic rings. The van der Waals surface area contributed by atoms with Gasteiger partial charge in [-0.15, -0.1) is 22.7 Å². The first-order valence-corrected chi connectivity index (χ1v) is 11.9. The van der Waals surface area contributed by atoms with Crippen molar-refractivity contribution in [1.29, 1.82) is 0 Å². The van der Waals surface area contributed by atoms with Crippen LogP contribution in [0.4, 0.5) is 0 Å². The summed E-state index contributed by atoms with van der Waals surface area (Å²) in [6, 6.07) is 1.90. The number of aromatic hydroxyl groups is 2. The summed E-state index contributed by atoms with van der Waals surface area (Å²) in [7, 11) is 0. The number of carbonyl (C=O) groups excluding carboxylic acids is 2. The van der Waals surface area contributed by atoms with Gasteiger partial charge >= 0.3 is 11.9 Å². The highest BCUT2D eigenvalue weighted by atomic mass is 32.1. The molecule has 9 heteroatoms. The number of hydrogen-bond acceptors (Lipinski definition) is 9. The van der Waals surface area contributed by atoms with Crippen LogP contribution in [0.15, 0.2) is 16.8 Å². The van der Waals surface area contributed by atoms with Crippen molar-refractivity contribution >= 4 is 45.9 Å². The SMILES string of the molecule is CCOC(=O)c1c(C)sc(C(c2ccsc2)c2sc(C)c(C(=O)OCC)c2O)c1O. The zero-order valence-corrected chi connectivity index (χ0v) is 19.4. The molecule has 3 rings (SSSR count). The Balaban J connectivity index is 2.19. The molecular formula is C21H22O6S3. The van der Waals surface area contributed by atoms with Gasteiger partial charge in [-0.1, -0.05) is 0 Å². The lowest BCUT2D eigenvalue weighted by Gasteiger charge is -2.14. The molecule has 3 aromatic heterocycles. The van der Waals surface area contributed by atoms with Crippen molar-refractivity contribution in [3.8, 4) is 11.5 Å². The Hall–Kier alpha value is -2.36. The molecule has 30 heavy (non-hydrogen) atoms. The lowest BCUT2D eigenvalue weighted by atomic mass is 9.95. The molecule has 0 fully saturated rings. The first-order valence-electron chi connectivity index (χ1n) is 9.32. The Bertz CT molecular complexity index is 993. The van der Waals surface area contributed by atoms with Gasteiger partial charge in [0.2, 0.25) is 0 Å². The first kappa shape index (κ1) is 22.3. The Kier molecular flexibility index (Phi) is 6.84. The molecule has 0 atom stereocenters. The van der Waals surface area contributed by atoms with Gasteiger partial charge in [-0.2, -0.15) is 11.3 Å². The third-order valence-corrected chi connectivity index (χ3v) is 7.55. The number of esters is 2. The fraction of sp³-hybridized carbons (Fsp3) is 0.333. The van der Waals surface area contributed by atoms with E-state index in [0.29, 0.717) is 19.5 Å². The number of hydrogen-bond donors (Lipinski definition) is 2. The van der Waals surface area contributed by atoms with Crippen molar-refractivity contribution in [3.63, 3.8) is 0 Å². The first-order chi connectivity index (χ1) is 14.3. The lowest BCUT2D eigenvalue weighted by Crippen LogP contribution is -2.06. The number of thiophene rings is 3. The van der Waals surface area contributed by atoms with Gasteiger partial charge in [-0.05, 0) is 50.1 Å². The average molecular weight is 467 g/mol. The second kappa shape index (κ2) is 9.20. The maximum Gasteiger partial charge on any atom is 0.343 e. The van der Waals surface area contributed by atoms with E-state index in [4.69, 9.17) is 9.47 Å². The molecule has 0 unspecified atom stereocenters. The van der Waals surface area contributed by atoms with Gasteiger partial charge in [0.05, 0.1) is 28.9 Å². The third kappa shape index (κ3) is 3.97. The molecule has 0 spiro atoms. The minimum absolute atomic E-state index is 0.135. The molecular weight excluding hydrogens is 444 g/mol. The number of rotatable bonds is 7. The Morgan fingerprint density at radius 2 is 1.40 bits per heavy atom. The zero-order valence-electron chi connectivity index (χ0n) is 17.0. The molecule has 3 aromatic rings. The van der Waals surface area contributed by atoms with Crippen LogP contribution in [0.2, 0.25) is 0 Å². The maximum atomic E-state index is 12.4. The molecule has 0 saturated carbocycles. The minimum atomic E-state index is -0.585. The standard InChI is InChI=1S/C21H22O6S3/c1-5-26-20(24)13-10(3)29-18(16(13)22)15(12-7-8-28-9-12)19-17(23)14(11(4)30-19)21(25)27-6-2/h7-9,15,22-23H,5-6H2,1-4H3. The molecule has 0 saturated heterocycles. The fourth-order valence-electron chi connectivity index (χ4n) is 3.25. The average Bonchev–Trinajstić information content (AvgIpc) is 3.37. The Labute approximate surface area is 186 Å². The second-order valence-electron chi connectivity index (χ2n) is 6.42. The Morgan fingerprint density at radius 1 is 0.933 bits per heavy atom. The summed E-state index contributed by atoms with van der Waals surface area (Å²) in [4.78, 5) is 27.0. The quantitative estimate of drug-likeness (QED) is 0.451. The van der Waals surface area contributed by atoms with E-state index in [1.54, 1.807) is 27.7 Å². The second-order valence-corrected chi connectivity index (χ2v) is 9.72. The number of carbonyl (C=O) groups is 2. The van der Waals surface area contributed by atoms with Crippen LogP contribution in [-0.2, 0) is 9.47 Å². The van der Waals surface area contributed by atoms with Gasteiger partial charge in [0.1, 0.15) is 22.6 Å². The van der Waals surface area contributed by atoms with Gasteiger partial charge in [-0.25, -0.2) is 9.59 Å². The topological polar surface area (TPSA) is 93.1 Å². The van der Waals surface area contributed by atoms with Crippen LogP contribution in [0.5, 0.6) is 11.5 Å². The molecule has 0 aliphatic heterocycles. The monoisotopic (exact) mass is 466 g/mol. The summed E-state index contributed by atoms with van der Waals surface area (Å²) in [5, 5.41) is 25.7. The normalized spacial score (nSPS) is 11.1. The van der Waals surface area contributed by atoms with E-state index in [1.807, 2.05) is 16.8 Å². The van der Waals surface area contributed by atoms with E-state index in [0.717, 1.165) is 5.56 Å². The summed E-state index contributed by atoms with van der Waals surface area (Å²) in [6.07, 6.45) is 0. The van der Waals surface area contributed by atoms with Crippen LogP contribution >= 0.6 is 34.0 Å². The van der Waals surface area contributed by atoms with Crippen molar-refractivity contribution in [2.75, 3.05) is 13.2 Å². The van der Waals surface area contributed by atoms with E-state index >= 15 is 0 Å². The highest BCUT2D eigenvalue weighted by molar-refractivity contribution is 7.14. The van der Waals surface area contributed by atoms with E-state index in [2.05, 4.69) is 0 Å². The van der Waals surface area contributed by atoms with Gasteiger partial charge in [0, 0.05) is 9.75 Å².